The molecule has 0 saturated heterocycles. The van der Waals surface area contributed by atoms with Crippen LogP contribution < -0.4 is 4.74 Å². The van der Waals surface area contributed by atoms with Crippen LogP contribution in [-0.2, 0) is 0 Å². The van der Waals surface area contributed by atoms with Crippen LogP contribution in [0.25, 0.3) is 22.3 Å². The number of fused-ring (bicyclic) bond motifs is 1. The zero-order chi connectivity index (χ0) is 14.8. The molecular weight excluding hydrogens is 264 g/mol. The summed E-state index contributed by atoms with van der Waals surface area (Å²) in [5.74, 6) is 0.460. The van der Waals surface area contributed by atoms with Crippen LogP contribution in [0.2, 0.25) is 0 Å². The predicted molar refractivity (Wildman–Crippen MR) is 82.2 cm³/mol. The van der Waals surface area contributed by atoms with Crippen LogP contribution in [0.5, 0.6) is 5.88 Å². The summed E-state index contributed by atoms with van der Waals surface area (Å²) in [6.07, 6.45) is -0.602. The molecule has 0 spiro atoms. The van der Waals surface area contributed by atoms with Crippen molar-refractivity contribution in [3.8, 4) is 17.1 Å². The Hall–Kier alpha value is -2.46. The number of hydrogen-bond acceptors (Lipinski definition) is 4. The van der Waals surface area contributed by atoms with Gasteiger partial charge in [0.05, 0.1) is 24.2 Å². The number of nitrogens with zero attached hydrogens (tertiary/aromatic N) is 2. The lowest BCUT2D eigenvalue weighted by molar-refractivity contribution is 0.200. The van der Waals surface area contributed by atoms with Gasteiger partial charge in [0.25, 0.3) is 0 Å². The molecule has 2 aromatic carbocycles. The molecule has 3 rings (SSSR count). The molecule has 4 heteroatoms. The van der Waals surface area contributed by atoms with Crippen LogP contribution in [0.3, 0.4) is 0 Å². The molecule has 1 atom stereocenters. The molecule has 3 aromatic rings. The van der Waals surface area contributed by atoms with Gasteiger partial charge in [0.15, 0.2) is 0 Å². The molecule has 0 radical (unpaired) electrons. The van der Waals surface area contributed by atoms with E-state index < -0.39 is 6.10 Å². The van der Waals surface area contributed by atoms with E-state index in [0.29, 0.717) is 17.1 Å². The quantitative estimate of drug-likeness (QED) is 0.799. The van der Waals surface area contributed by atoms with Crippen molar-refractivity contribution in [2.75, 3.05) is 7.11 Å². The van der Waals surface area contributed by atoms with Gasteiger partial charge in [-0.2, -0.15) is 0 Å². The molecule has 0 saturated carbocycles. The van der Waals surface area contributed by atoms with Gasteiger partial charge in [0, 0.05) is 11.1 Å². The average molecular weight is 280 g/mol. The molecule has 106 valence electrons. The monoisotopic (exact) mass is 280 g/mol. The van der Waals surface area contributed by atoms with Crippen LogP contribution in [0.4, 0.5) is 0 Å². The van der Waals surface area contributed by atoms with Crippen LogP contribution in [0.15, 0.2) is 48.5 Å². The fourth-order valence-electron chi connectivity index (χ4n) is 2.35. The molecule has 1 heterocycles. The Morgan fingerprint density at radius 3 is 2.43 bits per heavy atom. The van der Waals surface area contributed by atoms with Gasteiger partial charge in [-0.05, 0) is 13.0 Å². The Morgan fingerprint density at radius 1 is 1.00 bits per heavy atom. The highest BCUT2D eigenvalue weighted by Gasteiger charge is 2.15. The Balaban J connectivity index is 2.28. The van der Waals surface area contributed by atoms with Gasteiger partial charge in [-0.1, -0.05) is 42.5 Å². The number of benzene rings is 2. The Labute approximate surface area is 123 Å². The second-order valence-electron chi connectivity index (χ2n) is 4.84. The summed E-state index contributed by atoms with van der Waals surface area (Å²) in [4.78, 5) is 9.21. The van der Waals surface area contributed by atoms with Gasteiger partial charge in [-0.25, -0.2) is 9.97 Å². The van der Waals surface area contributed by atoms with Crippen molar-refractivity contribution in [3.63, 3.8) is 0 Å². The van der Waals surface area contributed by atoms with Crippen molar-refractivity contribution in [1.82, 2.24) is 9.97 Å². The molecule has 21 heavy (non-hydrogen) atoms. The Morgan fingerprint density at radius 2 is 1.76 bits per heavy atom. The molecule has 1 unspecified atom stereocenters. The van der Waals surface area contributed by atoms with Crippen molar-refractivity contribution in [3.05, 3.63) is 54.1 Å². The first kappa shape index (κ1) is 13.5. The summed E-state index contributed by atoms with van der Waals surface area (Å²) in [7, 11) is 1.58. The minimum absolute atomic E-state index is 0.460. The SMILES string of the molecule is COc1nc2c(C(C)O)cccc2nc1-c1ccccc1. The first-order valence-electron chi connectivity index (χ1n) is 6.79. The van der Waals surface area contributed by atoms with E-state index in [-0.39, 0.29) is 0 Å². The largest absolute Gasteiger partial charge is 0.479 e. The van der Waals surface area contributed by atoms with E-state index in [4.69, 9.17) is 4.74 Å². The molecule has 0 aliphatic rings. The minimum Gasteiger partial charge on any atom is -0.479 e. The first-order chi connectivity index (χ1) is 10.2. The molecule has 0 amide bonds. The summed E-state index contributed by atoms with van der Waals surface area (Å²) in [5.41, 5.74) is 3.81. The summed E-state index contributed by atoms with van der Waals surface area (Å²) < 4.78 is 5.39. The minimum atomic E-state index is -0.602. The van der Waals surface area contributed by atoms with E-state index in [1.807, 2.05) is 48.5 Å². The molecular formula is C17H16N2O2. The topological polar surface area (TPSA) is 55.2 Å². The number of hydrogen-bond donors (Lipinski definition) is 1. The van der Waals surface area contributed by atoms with Crippen LogP contribution in [-0.4, -0.2) is 22.2 Å². The molecule has 0 aliphatic carbocycles. The summed E-state index contributed by atoms with van der Waals surface area (Å²) in [6.45, 7) is 1.72. The van der Waals surface area contributed by atoms with Gasteiger partial charge < -0.3 is 9.84 Å². The highest BCUT2D eigenvalue weighted by molar-refractivity contribution is 5.82. The number of aliphatic hydroxyl groups excluding tert-OH is 1. The third kappa shape index (κ3) is 2.45. The van der Waals surface area contributed by atoms with Gasteiger partial charge in [-0.15, -0.1) is 0 Å². The molecule has 4 nitrogen and oxygen atoms in total. The second-order valence-corrected chi connectivity index (χ2v) is 4.84. The Kier molecular flexibility index (Phi) is 3.54. The number of para-hydroxylation sites is 1. The van der Waals surface area contributed by atoms with E-state index in [1.54, 1.807) is 14.0 Å². The number of rotatable bonds is 3. The van der Waals surface area contributed by atoms with Gasteiger partial charge in [0.2, 0.25) is 5.88 Å². The second kappa shape index (κ2) is 5.50. The predicted octanol–water partition coefficient (Wildman–Crippen LogP) is 3.36. The summed E-state index contributed by atoms with van der Waals surface area (Å²) in [5, 5.41) is 9.86. The van der Waals surface area contributed by atoms with E-state index in [2.05, 4.69) is 9.97 Å². The number of aromatic nitrogens is 2. The van der Waals surface area contributed by atoms with Crippen molar-refractivity contribution in [2.24, 2.45) is 0 Å². The van der Waals surface area contributed by atoms with Crippen molar-refractivity contribution in [2.45, 2.75) is 13.0 Å². The van der Waals surface area contributed by atoms with Crippen LogP contribution in [0.1, 0.15) is 18.6 Å². The van der Waals surface area contributed by atoms with Crippen molar-refractivity contribution in [1.29, 1.82) is 0 Å². The molecule has 0 bridgehead atoms. The highest BCUT2D eigenvalue weighted by atomic mass is 16.5. The average Bonchev–Trinajstić information content (AvgIpc) is 2.53. The standard InChI is InChI=1S/C17H16N2O2/c1-11(20)13-9-6-10-14-16(13)19-17(21-2)15(18-14)12-7-4-3-5-8-12/h3-11,20H,1-2H3. The number of aliphatic hydroxyl groups is 1. The van der Waals surface area contributed by atoms with Crippen molar-refractivity contribution >= 4 is 11.0 Å². The van der Waals surface area contributed by atoms with E-state index >= 15 is 0 Å². The highest BCUT2D eigenvalue weighted by Crippen LogP contribution is 2.30. The van der Waals surface area contributed by atoms with Gasteiger partial charge in [-0.3, -0.25) is 0 Å². The van der Waals surface area contributed by atoms with E-state index in [0.717, 1.165) is 16.6 Å². The third-order valence-corrected chi connectivity index (χ3v) is 3.38. The lowest BCUT2D eigenvalue weighted by Gasteiger charge is -2.12. The fraction of sp³-hybridized carbons (Fsp3) is 0.176. The molecule has 0 fully saturated rings. The number of methoxy groups -OCH3 is 1. The van der Waals surface area contributed by atoms with Crippen molar-refractivity contribution < 1.29 is 9.84 Å². The normalized spacial score (nSPS) is 12.3. The lowest BCUT2D eigenvalue weighted by Crippen LogP contribution is -2.00. The van der Waals surface area contributed by atoms with Gasteiger partial charge >= 0.3 is 0 Å². The smallest absolute Gasteiger partial charge is 0.240 e. The maximum absolute atomic E-state index is 9.86. The number of ether oxygens (including phenoxy) is 1. The zero-order valence-electron chi connectivity index (χ0n) is 11.9. The summed E-state index contributed by atoms with van der Waals surface area (Å²) in [6, 6.07) is 15.4. The molecule has 0 aliphatic heterocycles. The zero-order valence-corrected chi connectivity index (χ0v) is 11.9. The molecule has 1 N–H and O–H groups in total. The van der Waals surface area contributed by atoms with E-state index in [9.17, 15) is 5.11 Å². The first-order valence-corrected chi connectivity index (χ1v) is 6.79. The maximum Gasteiger partial charge on any atom is 0.240 e. The Bertz CT molecular complexity index is 770. The van der Waals surface area contributed by atoms with Crippen LogP contribution in [0, 0.1) is 0 Å². The van der Waals surface area contributed by atoms with Crippen LogP contribution >= 0.6 is 0 Å². The van der Waals surface area contributed by atoms with E-state index in [1.165, 1.54) is 0 Å². The summed E-state index contributed by atoms with van der Waals surface area (Å²) >= 11 is 0. The fourth-order valence-corrected chi connectivity index (χ4v) is 2.35. The lowest BCUT2D eigenvalue weighted by atomic mass is 10.1. The molecule has 1 aromatic heterocycles. The maximum atomic E-state index is 9.86. The van der Waals surface area contributed by atoms with Gasteiger partial charge in [0.1, 0.15) is 5.69 Å². The third-order valence-electron chi connectivity index (χ3n) is 3.38.